The second-order valence-corrected chi connectivity index (χ2v) is 6.44. The van der Waals surface area contributed by atoms with E-state index in [4.69, 9.17) is 11.6 Å². The second-order valence-electron chi connectivity index (χ2n) is 6.03. The molecule has 6 heteroatoms. The summed E-state index contributed by atoms with van der Waals surface area (Å²) in [6.45, 7) is 4.06. The first-order valence-corrected chi connectivity index (χ1v) is 8.53. The van der Waals surface area contributed by atoms with Crippen LogP contribution in [0.2, 0.25) is 5.02 Å². The van der Waals surface area contributed by atoms with Crippen molar-refractivity contribution in [3.05, 3.63) is 92.4 Å². The molecule has 26 heavy (non-hydrogen) atoms. The number of para-hydroxylation sites is 1. The molecule has 5 nitrogen and oxygen atoms in total. The van der Waals surface area contributed by atoms with Gasteiger partial charge in [0.25, 0.3) is 5.91 Å². The van der Waals surface area contributed by atoms with Crippen LogP contribution in [0.25, 0.3) is 5.69 Å². The first-order valence-electron chi connectivity index (χ1n) is 8.15. The molecule has 0 aliphatic carbocycles. The molecule has 0 saturated heterocycles. The molecule has 0 spiro atoms. The van der Waals surface area contributed by atoms with Crippen molar-refractivity contribution in [1.82, 2.24) is 15.1 Å². The Morgan fingerprint density at radius 1 is 1.12 bits per heavy atom. The van der Waals surface area contributed by atoms with Gasteiger partial charge in [0, 0.05) is 18.3 Å². The highest BCUT2D eigenvalue weighted by Gasteiger charge is 2.16. The molecule has 1 aromatic heterocycles. The average molecular weight is 368 g/mol. The zero-order chi connectivity index (χ0) is 18.7. The Kier molecular flexibility index (Phi) is 5.19. The minimum atomic E-state index is -0.517. The van der Waals surface area contributed by atoms with Crippen LogP contribution in [0, 0.1) is 13.8 Å². The Bertz CT molecular complexity index is 1010. The number of hydrogen-bond acceptors (Lipinski definition) is 3. The lowest BCUT2D eigenvalue weighted by molar-refractivity contribution is 0.0943. The summed E-state index contributed by atoms with van der Waals surface area (Å²) < 4.78 is 1.50. The Hall–Kier alpha value is -2.92. The van der Waals surface area contributed by atoms with Gasteiger partial charge in [-0.05, 0) is 31.5 Å². The molecule has 0 aliphatic rings. The van der Waals surface area contributed by atoms with Crippen LogP contribution in [0.4, 0.5) is 0 Å². The van der Waals surface area contributed by atoms with Gasteiger partial charge in [0.1, 0.15) is 0 Å². The Morgan fingerprint density at radius 3 is 2.50 bits per heavy atom. The number of amides is 1. The monoisotopic (exact) mass is 367 g/mol. The van der Waals surface area contributed by atoms with E-state index in [9.17, 15) is 9.59 Å². The summed E-state index contributed by atoms with van der Waals surface area (Å²) in [5.41, 5.74) is 2.71. The molecule has 0 aliphatic heterocycles. The number of carbonyl (C=O) groups excluding carboxylic acids is 1. The third-order valence-electron chi connectivity index (χ3n) is 3.98. The topological polar surface area (TPSA) is 64.0 Å². The fourth-order valence-electron chi connectivity index (χ4n) is 2.54. The van der Waals surface area contributed by atoms with Crippen molar-refractivity contribution in [3.63, 3.8) is 0 Å². The first kappa shape index (κ1) is 17.9. The van der Waals surface area contributed by atoms with Gasteiger partial charge in [0.05, 0.1) is 10.7 Å². The lowest BCUT2D eigenvalue weighted by Gasteiger charge is -2.12. The fraction of sp³-hybridized carbons (Fsp3) is 0.150. The highest BCUT2D eigenvalue weighted by Crippen LogP contribution is 2.19. The van der Waals surface area contributed by atoms with E-state index >= 15 is 0 Å². The molecule has 3 rings (SSSR count). The maximum atomic E-state index is 12.5. The number of nitrogens with zero attached hydrogens (tertiary/aromatic N) is 2. The minimum Gasteiger partial charge on any atom is -0.346 e. The molecule has 0 radical (unpaired) electrons. The standard InChI is InChI=1S/C20H18ClN3O2/c1-13-7-9-15(10-8-13)12-22-20(26)19-18(25)11-14(2)24(23-19)17-6-4-3-5-16(17)21/h3-11H,12H2,1-2H3,(H,22,26). The molecule has 0 bridgehead atoms. The zero-order valence-corrected chi connectivity index (χ0v) is 15.2. The number of nitrogens with one attached hydrogen (secondary N) is 1. The number of aryl methyl sites for hydroxylation is 2. The second kappa shape index (κ2) is 7.54. The molecule has 0 unspecified atom stereocenters. The lowest BCUT2D eigenvalue weighted by atomic mass is 10.1. The number of benzene rings is 2. The number of aromatic nitrogens is 2. The van der Waals surface area contributed by atoms with Gasteiger partial charge in [-0.3, -0.25) is 9.59 Å². The Balaban J connectivity index is 1.88. The maximum absolute atomic E-state index is 12.5. The molecule has 0 fully saturated rings. The van der Waals surface area contributed by atoms with Gasteiger partial charge in [-0.25, -0.2) is 4.68 Å². The molecule has 0 atom stereocenters. The van der Waals surface area contributed by atoms with Crippen molar-refractivity contribution >= 4 is 17.5 Å². The molecule has 0 saturated carbocycles. The summed E-state index contributed by atoms with van der Waals surface area (Å²) in [5, 5.41) is 7.46. The Morgan fingerprint density at radius 2 is 1.81 bits per heavy atom. The van der Waals surface area contributed by atoms with Crippen LogP contribution in [-0.2, 0) is 6.54 Å². The van der Waals surface area contributed by atoms with E-state index in [-0.39, 0.29) is 5.69 Å². The molecule has 1 N–H and O–H groups in total. The lowest BCUT2D eigenvalue weighted by Crippen LogP contribution is -2.31. The van der Waals surface area contributed by atoms with Gasteiger partial charge >= 0.3 is 0 Å². The molecular formula is C20H18ClN3O2. The van der Waals surface area contributed by atoms with E-state index in [1.54, 1.807) is 25.1 Å². The molecule has 132 valence electrons. The minimum absolute atomic E-state index is 0.164. The SMILES string of the molecule is Cc1ccc(CNC(=O)c2nn(-c3ccccc3Cl)c(C)cc2=O)cc1. The summed E-state index contributed by atoms with van der Waals surface area (Å²) in [4.78, 5) is 24.7. The van der Waals surface area contributed by atoms with Crippen LogP contribution in [-0.4, -0.2) is 15.7 Å². The summed E-state index contributed by atoms with van der Waals surface area (Å²) in [5.74, 6) is -0.517. The van der Waals surface area contributed by atoms with Crippen molar-refractivity contribution in [2.24, 2.45) is 0 Å². The molecule has 3 aromatic rings. The maximum Gasteiger partial charge on any atom is 0.276 e. The van der Waals surface area contributed by atoms with Gasteiger partial charge < -0.3 is 5.32 Å². The van der Waals surface area contributed by atoms with Gasteiger partial charge in [-0.1, -0.05) is 53.6 Å². The summed E-state index contributed by atoms with van der Waals surface area (Å²) >= 11 is 6.22. The fourth-order valence-corrected chi connectivity index (χ4v) is 2.76. The molecule has 2 aromatic carbocycles. The number of carbonyl (C=O) groups is 1. The Labute approximate surface area is 156 Å². The van der Waals surface area contributed by atoms with E-state index in [1.165, 1.54) is 10.7 Å². The number of halogens is 1. The van der Waals surface area contributed by atoms with Crippen LogP contribution in [0.15, 0.2) is 59.4 Å². The van der Waals surface area contributed by atoms with Crippen LogP contribution in [0.1, 0.15) is 27.3 Å². The number of rotatable bonds is 4. The summed E-state index contributed by atoms with van der Waals surface area (Å²) in [6, 6.07) is 16.3. The van der Waals surface area contributed by atoms with E-state index in [1.807, 2.05) is 37.3 Å². The van der Waals surface area contributed by atoms with Gasteiger partial charge in [0.15, 0.2) is 5.69 Å². The highest BCUT2D eigenvalue weighted by molar-refractivity contribution is 6.32. The van der Waals surface area contributed by atoms with Crippen molar-refractivity contribution in [2.75, 3.05) is 0 Å². The zero-order valence-electron chi connectivity index (χ0n) is 14.5. The number of hydrogen-bond donors (Lipinski definition) is 1. The molecule has 1 heterocycles. The van der Waals surface area contributed by atoms with E-state index in [0.29, 0.717) is 22.9 Å². The van der Waals surface area contributed by atoms with E-state index in [0.717, 1.165) is 11.1 Å². The van der Waals surface area contributed by atoms with Gasteiger partial charge in [-0.2, -0.15) is 5.10 Å². The van der Waals surface area contributed by atoms with Crippen LogP contribution < -0.4 is 10.7 Å². The third-order valence-corrected chi connectivity index (χ3v) is 4.30. The van der Waals surface area contributed by atoms with Crippen molar-refractivity contribution in [3.8, 4) is 5.69 Å². The third kappa shape index (κ3) is 3.83. The van der Waals surface area contributed by atoms with Crippen molar-refractivity contribution in [1.29, 1.82) is 0 Å². The molecular weight excluding hydrogens is 350 g/mol. The van der Waals surface area contributed by atoms with E-state index in [2.05, 4.69) is 10.4 Å². The summed E-state index contributed by atoms with van der Waals surface area (Å²) in [7, 11) is 0. The van der Waals surface area contributed by atoms with Crippen LogP contribution >= 0.6 is 11.6 Å². The first-order chi connectivity index (χ1) is 12.5. The predicted molar refractivity (Wildman–Crippen MR) is 102 cm³/mol. The van der Waals surface area contributed by atoms with Crippen LogP contribution in [0.3, 0.4) is 0 Å². The molecule has 1 amide bonds. The van der Waals surface area contributed by atoms with Crippen LogP contribution in [0.5, 0.6) is 0 Å². The largest absolute Gasteiger partial charge is 0.346 e. The van der Waals surface area contributed by atoms with Crippen molar-refractivity contribution in [2.45, 2.75) is 20.4 Å². The van der Waals surface area contributed by atoms with Gasteiger partial charge in [-0.15, -0.1) is 0 Å². The van der Waals surface area contributed by atoms with E-state index < -0.39 is 11.3 Å². The van der Waals surface area contributed by atoms with Gasteiger partial charge in [0.2, 0.25) is 5.43 Å². The normalized spacial score (nSPS) is 10.6. The smallest absolute Gasteiger partial charge is 0.276 e. The average Bonchev–Trinajstić information content (AvgIpc) is 2.62. The summed E-state index contributed by atoms with van der Waals surface area (Å²) in [6.07, 6.45) is 0. The highest BCUT2D eigenvalue weighted by atomic mass is 35.5. The quantitative estimate of drug-likeness (QED) is 0.768. The van der Waals surface area contributed by atoms with Crippen molar-refractivity contribution < 1.29 is 4.79 Å². The predicted octanol–water partition coefficient (Wildman–Crippen LogP) is 3.43.